The molecule has 1 aromatic carbocycles. The van der Waals surface area contributed by atoms with Gasteiger partial charge in [0.2, 0.25) is 0 Å². The van der Waals surface area contributed by atoms with Crippen molar-refractivity contribution >= 4 is 0 Å². The molecule has 4 heteroatoms. The van der Waals surface area contributed by atoms with Gasteiger partial charge in [0.1, 0.15) is 12.4 Å². The van der Waals surface area contributed by atoms with Crippen LogP contribution in [0.3, 0.4) is 0 Å². The first kappa shape index (κ1) is 12.4. The number of aromatic nitrogens is 3. The Hall–Kier alpha value is -1.68. The minimum atomic E-state index is -0.0832. The molecule has 0 radical (unpaired) electrons. The average Bonchev–Trinajstić information content (AvgIpc) is 3.00. The molecule has 0 spiro atoms. The number of fused-ring (bicyclic) bond motifs is 1. The van der Waals surface area contributed by atoms with Gasteiger partial charge in [-0.3, -0.25) is 4.68 Å². The Labute approximate surface area is 113 Å². The van der Waals surface area contributed by atoms with Crippen LogP contribution in [0, 0.1) is 6.92 Å². The molecule has 1 unspecified atom stereocenters. The normalized spacial score (nSPS) is 17.7. The van der Waals surface area contributed by atoms with Crippen LogP contribution in [0.25, 0.3) is 0 Å². The molecule has 0 saturated carbocycles. The number of aryl methyl sites for hydroxylation is 3. The van der Waals surface area contributed by atoms with E-state index in [4.69, 9.17) is 5.11 Å². The number of aliphatic hydroxyl groups is 1. The molecular weight excluding hydrogens is 238 g/mol. The summed E-state index contributed by atoms with van der Waals surface area (Å²) in [5.74, 6) is 2.04. The second-order valence-electron chi connectivity index (χ2n) is 5.18. The molecule has 0 fully saturated rings. The Morgan fingerprint density at radius 2 is 2.21 bits per heavy atom. The Bertz CT molecular complexity index is 577. The quantitative estimate of drug-likeness (QED) is 0.913. The summed E-state index contributed by atoms with van der Waals surface area (Å²) in [6.45, 7) is 2.73. The van der Waals surface area contributed by atoms with Crippen LogP contribution in [0.5, 0.6) is 0 Å². The van der Waals surface area contributed by atoms with E-state index in [2.05, 4.69) is 34.3 Å². The lowest BCUT2D eigenvalue weighted by molar-refractivity contribution is 0.270. The second-order valence-corrected chi connectivity index (χ2v) is 5.18. The van der Waals surface area contributed by atoms with E-state index in [1.54, 1.807) is 0 Å². The van der Waals surface area contributed by atoms with Gasteiger partial charge in [-0.25, -0.2) is 4.98 Å². The molecule has 0 saturated heterocycles. The van der Waals surface area contributed by atoms with E-state index in [0.29, 0.717) is 11.7 Å². The van der Waals surface area contributed by atoms with Crippen LogP contribution in [0.4, 0.5) is 0 Å². The smallest absolute Gasteiger partial charge is 0.176 e. The van der Waals surface area contributed by atoms with Gasteiger partial charge in [-0.05, 0) is 43.2 Å². The van der Waals surface area contributed by atoms with Gasteiger partial charge in [0.15, 0.2) is 5.82 Å². The van der Waals surface area contributed by atoms with Crippen molar-refractivity contribution in [2.45, 2.75) is 45.3 Å². The lowest BCUT2D eigenvalue weighted by Gasteiger charge is -2.11. The summed E-state index contributed by atoms with van der Waals surface area (Å²) < 4.78 is 1.91. The molecule has 1 atom stereocenters. The molecule has 0 bridgehead atoms. The lowest BCUT2D eigenvalue weighted by Crippen LogP contribution is -2.06. The molecule has 3 rings (SSSR count). The first-order valence-corrected chi connectivity index (χ1v) is 6.87. The van der Waals surface area contributed by atoms with Crippen LogP contribution < -0.4 is 0 Å². The molecule has 1 aliphatic carbocycles. The number of rotatable bonds is 4. The molecule has 1 aromatic heterocycles. The van der Waals surface area contributed by atoms with Crippen molar-refractivity contribution in [1.82, 2.24) is 14.8 Å². The van der Waals surface area contributed by atoms with Gasteiger partial charge >= 0.3 is 0 Å². The third-order valence-corrected chi connectivity index (χ3v) is 3.99. The van der Waals surface area contributed by atoms with Gasteiger partial charge in [0.25, 0.3) is 0 Å². The molecular formula is C15H19N3O. The van der Waals surface area contributed by atoms with Crippen molar-refractivity contribution in [2.24, 2.45) is 0 Å². The number of aliphatic hydroxyl groups excluding tert-OH is 1. The summed E-state index contributed by atoms with van der Waals surface area (Å²) in [7, 11) is 0. The van der Waals surface area contributed by atoms with Gasteiger partial charge in [0, 0.05) is 6.54 Å². The summed E-state index contributed by atoms with van der Waals surface area (Å²) in [6.07, 6.45) is 3.52. The summed E-state index contributed by atoms with van der Waals surface area (Å²) in [6, 6.07) is 8.73. The van der Waals surface area contributed by atoms with Gasteiger partial charge in [-0.1, -0.05) is 24.3 Å². The van der Waals surface area contributed by atoms with Crippen molar-refractivity contribution < 1.29 is 5.11 Å². The van der Waals surface area contributed by atoms with Crippen molar-refractivity contribution in [3.63, 3.8) is 0 Å². The maximum absolute atomic E-state index is 9.05. The monoisotopic (exact) mass is 257 g/mol. The predicted molar refractivity (Wildman–Crippen MR) is 72.8 cm³/mol. The van der Waals surface area contributed by atoms with Gasteiger partial charge in [-0.2, -0.15) is 5.10 Å². The van der Waals surface area contributed by atoms with Crippen molar-refractivity contribution in [3.05, 3.63) is 47.0 Å². The first-order chi connectivity index (χ1) is 9.28. The molecule has 1 N–H and O–H groups in total. The zero-order valence-corrected chi connectivity index (χ0v) is 11.2. The van der Waals surface area contributed by atoms with Crippen LogP contribution in [-0.4, -0.2) is 19.9 Å². The average molecular weight is 257 g/mol. The Morgan fingerprint density at radius 3 is 3.00 bits per heavy atom. The zero-order valence-electron chi connectivity index (χ0n) is 11.2. The topological polar surface area (TPSA) is 50.9 Å². The highest BCUT2D eigenvalue weighted by Crippen LogP contribution is 2.35. The van der Waals surface area contributed by atoms with Gasteiger partial charge in [0.05, 0.1) is 0 Å². The maximum atomic E-state index is 9.05. The minimum absolute atomic E-state index is 0.0832. The maximum Gasteiger partial charge on any atom is 0.176 e. The molecule has 100 valence electrons. The number of hydrogen-bond acceptors (Lipinski definition) is 3. The highest BCUT2D eigenvalue weighted by molar-refractivity contribution is 5.34. The van der Waals surface area contributed by atoms with E-state index in [1.165, 1.54) is 24.0 Å². The second kappa shape index (κ2) is 5.13. The Balaban J connectivity index is 1.69. The molecule has 4 nitrogen and oxygen atoms in total. The van der Waals surface area contributed by atoms with Crippen molar-refractivity contribution in [2.75, 3.05) is 0 Å². The fourth-order valence-electron chi connectivity index (χ4n) is 2.98. The molecule has 0 aliphatic heterocycles. The summed E-state index contributed by atoms with van der Waals surface area (Å²) in [5, 5.41) is 13.3. The summed E-state index contributed by atoms with van der Waals surface area (Å²) in [4.78, 5) is 4.22. The van der Waals surface area contributed by atoms with Crippen LogP contribution in [0.1, 0.15) is 41.5 Å². The van der Waals surface area contributed by atoms with Crippen LogP contribution >= 0.6 is 0 Å². The van der Waals surface area contributed by atoms with E-state index < -0.39 is 0 Å². The lowest BCUT2D eigenvalue weighted by atomic mass is 9.98. The van der Waals surface area contributed by atoms with E-state index in [9.17, 15) is 0 Å². The fourth-order valence-corrected chi connectivity index (χ4v) is 2.98. The van der Waals surface area contributed by atoms with Crippen molar-refractivity contribution in [1.29, 1.82) is 0 Å². The van der Waals surface area contributed by atoms with Crippen LogP contribution in [-0.2, 0) is 19.6 Å². The summed E-state index contributed by atoms with van der Waals surface area (Å²) >= 11 is 0. The number of nitrogens with zero attached hydrogens (tertiary/aromatic N) is 3. The first-order valence-electron chi connectivity index (χ1n) is 6.87. The fraction of sp³-hybridized carbons (Fsp3) is 0.467. The third kappa shape index (κ3) is 2.40. The minimum Gasteiger partial charge on any atom is -0.388 e. The number of hydrogen-bond donors (Lipinski definition) is 1. The summed E-state index contributed by atoms with van der Waals surface area (Å²) in [5.41, 5.74) is 3.00. The van der Waals surface area contributed by atoms with Gasteiger partial charge in [-0.15, -0.1) is 0 Å². The van der Waals surface area contributed by atoms with Crippen molar-refractivity contribution in [3.8, 4) is 0 Å². The largest absolute Gasteiger partial charge is 0.388 e. The van der Waals surface area contributed by atoms with Crippen LogP contribution in [0.15, 0.2) is 24.3 Å². The number of benzene rings is 1. The molecule has 2 aromatic rings. The molecule has 1 aliphatic rings. The SMILES string of the molecule is Cc1nc(CO)nn1CCC1CCc2ccccc21. The molecule has 1 heterocycles. The van der Waals surface area contributed by atoms with E-state index in [0.717, 1.165) is 18.8 Å². The highest BCUT2D eigenvalue weighted by Gasteiger charge is 2.21. The highest BCUT2D eigenvalue weighted by atomic mass is 16.3. The standard InChI is InChI=1S/C15H19N3O/c1-11-16-15(10-19)17-18(11)9-8-13-7-6-12-4-2-3-5-14(12)13/h2-5,13,19H,6-10H2,1H3. The van der Waals surface area contributed by atoms with E-state index in [1.807, 2.05) is 11.6 Å². The molecule has 0 amide bonds. The zero-order chi connectivity index (χ0) is 13.2. The Kier molecular flexibility index (Phi) is 3.34. The predicted octanol–water partition coefficient (Wildman–Crippen LogP) is 2.20. The third-order valence-electron chi connectivity index (χ3n) is 3.99. The Morgan fingerprint density at radius 1 is 1.37 bits per heavy atom. The van der Waals surface area contributed by atoms with E-state index >= 15 is 0 Å². The molecule has 19 heavy (non-hydrogen) atoms. The van der Waals surface area contributed by atoms with Gasteiger partial charge < -0.3 is 5.11 Å². The van der Waals surface area contributed by atoms with E-state index in [-0.39, 0.29) is 6.61 Å². The van der Waals surface area contributed by atoms with Crippen LogP contribution in [0.2, 0.25) is 0 Å².